The molecule has 0 aromatic carbocycles. The summed E-state index contributed by atoms with van der Waals surface area (Å²) in [6.45, 7) is 3.57. The highest BCUT2D eigenvalue weighted by molar-refractivity contribution is 5.40. The van der Waals surface area contributed by atoms with E-state index in [2.05, 4.69) is 40.2 Å². The summed E-state index contributed by atoms with van der Waals surface area (Å²) in [6, 6.07) is 5.06. The molecule has 3 rings (SSSR count). The normalized spacial score (nSPS) is 25.7. The molecule has 1 unspecified atom stereocenters. The van der Waals surface area contributed by atoms with Gasteiger partial charge in [0.25, 0.3) is 0 Å². The van der Waals surface area contributed by atoms with Crippen LogP contribution in [0.25, 0.3) is 0 Å². The number of nitrogens with zero attached hydrogens (tertiary/aromatic N) is 3. The third kappa shape index (κ3) is 2.16. The smallest absolute Gasteiger partial charge is 0.128 e. The van der Waals surface area contributed by atoms with E-state index >= 15 is 0 Å². The fourth-order valence-electron chi connectivity index (χ4n) is 3.06. The van der Waals surface area contributed by atoms with Gasteiger partial charge in [0.1, 0.15) is 5.82 Å². The van der Waals surface area contributed by atoms with Gasteiger partial charge in [0, 0.05) is 25.3 Å². The molecule has 17 heavy (non-hydrogen) atoms. The van der Waals surface area contributed by atoms with E-state index < -0.39 is 0 Å². The molecular formula is C14H21N3. The average molecular weight is 231 g/mol. The zero-order valence-corrected chi connectivity index (χ0v) is 10.6. The molecule has 3 heteroatoms. The highest BCUT2D eigenvalue weighted by atomic mass is 15.2. The first-order valence-electron chi connectivity index (χ1n) is 6.76. The van der Waals surface area contributed by atoms with Crippen molar-refractivity contribution in [3.8, 4) is 0 Å². The highest BCUT2D eigenvalue weighted by Gasteiger charge is 2.23. The van der Waals surface area contributed by atoms with Gasteiger partial charge in [-0.1, -0.05) is 6.07 Å². The Labute approximate surface area is 103 Å². The number of pyridine rings is 1. The second-order valence-electron chi connectivity index (χ2n) is 5.28. The van der Waals surface area contributed by atoms with Crippen LogP contribution in [0.15, 0.2) is 18.3 Å². The molecule has 0 bridgehead atoms. The zero-order chi connectivity index (χ0) is 11.7. The number of aromatic nitrogens is 1. The molecule has 1 atom stereocenters. The first-order valence-corrected chi connectivity index (χ1v) is 6.76. The van der Waals surface area contributed by atoms with Crippen molar-refractivity contribution in [2.75, 3.05) is 31.6 Å². The Morgan fingerprint density at radius 1 is 1.12 bits per heavy atom. The number of hydrogen-bond acceptors (Lipinski definition) is 3. The molecule has 2 aliphatic heterocycles. The van der Waals surface area contributed by atoms with Gasteiger partial charge < -0.3 is 4.90 Å². The third-order valence-electron chi connectivity index (χ3n) is 4.11. The van der Waals surface area contributed by atoms with Crippen LogP contribution in [0.5, 0.6) is 0 Å². The Morgan fingerprint density at radius 3 is 2.53 bits per heavy atom. The van der Waals surface area contributed by atoms with Crippen LogP contribution in [0, 0.1) is 0 Å². The summed E-state index contributed by atoms with van der Waals surface area (Å²) >= 11 is 0. The van der Waals surface area contributed by atoms with Crippen molar-refractivity contribution in [1.82, 2.24) is 9.88 Å². The maximum absolute atomic E-state index is 4.64. The molecule has 3 nitrogen and oxygen atoms in total. The lowest BCUT2D eigenvalue weighted by atomic mass is 10.1. The van der Waals surface area contributed by atoms with Gasteiger partial charge in [-0.25, -0.2) is 4.98 Å². The van der Waals surface area contributed by atoms with Gasteiger partial charge >= 0.3 is 0 Å². The van der Waals surface area contributed by atoms with Gasteiger partial charge in [-0.05, 0) is 50.9 Å². The minimum Gasteiger partial charge on any atom is -0.357 e. The van der Waals surface area contributed by atoms with Crippen LogP contribution in [-0.4, -0.2) is 36.6 Å². The molecule has 0 spiro atoms. The first kappa shape index (κ1) is 11.0. The van der Waals surface area contributed by atoms with Gasteiger partial charge in [-0.2, -0.15) is 0 Å². The van der Waals surface area contributed by atoms with Gasteiger partial charge in [0.2, 0.25) is 0 Å². The zero-order valence-electron chi connectivity index (χ0n) is 10.6. The third-order valence-corrected chi connectivity index (χ3v) is 4.11. The number of hydrogen-bond donors (Lipinski definition) is 0. The van der Waals surface area contributed by atoms with Gasteiger partial charge in [0.05, 0.1) is 0 Å². The van der Waals surface area contributed by atoms with Crippen LogP contribution in [0.4, 0.5) is 5.82 Å². The molecule has 92 valence electrons. The van der Waals surface area contributed by atoms with Crippen molar-refractivity contribution >= 4 is 5.82 Å². The monoisotopic (exact) mass is 231 g/mol. The van der Waals surface area contributed by atoms with Crippen molar-refractivity contribution in [2.45, 2.75) is 31.7 Å². The van der Waals surface area contributed by atoms with Gasteiger partial charge in [-0.3, -0.25) is 4.90 Å². The maximum atomic E-state index is 4.64. The molecule has 0 amide bonds. The molecule has 2 aliphatic rings. The molecule has 2 fully saturated rings. The largest absolute Gasteiger partial charge is 0.357 e. The van der Waals surface area contributed by atoms with E-state index in [1.807, 2.05) is 0 Å². The van der Waals surface area contributed by atoms with Crippen LogP contribution in [-0.2, 0) is 0 Å². The Morgan fingerprint density at radius 2 is 1.94 bits per heavy atom. The Bertz CT molecular complexity index is 368. The predicted molar refractivity (Wildman–Crippen MR) is 70.3 cm³/mol. The van der Waals surface area contributed by atoms with Crippen molar-refractivity contribution in [3.05, 3.63) is 23.9 Å². The molecule has 0 aliphatic carbocycles. The molecule has 0 N–H and O–H groups in total. The molecule has 1 aromatic heterocycles. The number of rotatable bonds is 2. The van der Waals surface area contributed by atoms with Gasteiger partial charge in [-0.15, -0.1) is 0 Å². The van der Waals surface area contributed by atoms with E-state index in [9.17, 15) is 0 Å². The van der Waals surface area contributed by atoms with Crippen LogP contribution >= 0.6 is 0 Å². The summed E-state index contributed by atoms with van der Waals surface area (Å²) in [7, 11) is 2.21. The second kappa shape index (κ2) is 4.65. The summed E-state index contributed by atoms with van der Waals surface area (Å²) in [4.78, 5) is 9.47. The molecule has 1 aromatic rings. The molecule has 2 saturated heterocycles. The summed E-state index contributed by atoms with van der Waals surface area (Å²) in [5.41, 5.74) is 1.38. The van der Waals surface area contributed by atoms with E-state index in [1.165, 1.54) is 50.9 Å². The Hall–Kier alpha value is -1.09. The van der Waals surface area contributed by atoms with Crippen molar-refractivity contribution in [1.29, 1.82) is 0 Å². The van der Waals surface area contributed by atoms with Crippen LogP contribution < -0.4 is 4.90 Å². The molecule has 0 radical (unpaired) electrons. The standard InChI is InChI=1S/C14H21N3/c1-16-8-4-5-13(16)12-6-7-14(15-11-12)17-9-2-3-10-17/h6-7,11,13H,2-5,8-10H2,1H3. The summed E-state index contributed by atoms with van der Waals surface area (Å²) in [6.07, 6.45) is 7.31. The minimum atomic E-state index is 0.593. The van der Waals surface area contributed by atoms with Crippen molar-refractivity contribution < 1.29 is 0 Å². The van der Waals surface area contributed by atoms with Crippen LogP contribution in [0.3, 0.4) is 0 Å². The SMILES string of the molecule is CN1CCCC1c1ccc(N2CCCC2)nc1. The van der Waals surface area contributed by atoms with E-state index in [0.717, 1.165) is 5.82 Å². The van der Waals surface area contributed by atoms with Gasteiger partial charge in [0.15, 0.2) is 0 Å². The summed E-state index contributed by atoms with van der Waals surface area (Å²) < 4.78 is 0. The van der Waals surface area contributed by atoms with Crippen LogP contribution in [0.2, 0.25) is 0 Å². The van der Waals surface area contributed by atoms with Crippen molar-refractivity contribution in [3.63, 3.8) is 0 Å². The summed E-state index contributed by atoms with van der Waals surface area (Å²) in [5.74, 6) is 1.16. The molecule has 3 heterocycles. The van der Waals surface area contributed by atoms with E-state index in [1.54, 1.807) is 0 Å². The fourth-order valence-corrected chi connectivity index (χ4v) is 3.06. The molecule has 0 saturated carbocycles. The lowest BCUT2D eigenvalue weighted by molar-refractivity contribution is 0.317. The lowest BCUT2D eigenvalue weighted by Gasteiger charge is -2.21. The Balaban J connectivity index is 1.75. The number of likely N-dealkylation sites (tertiary alicyclic amines) is 1. The fraction of sp³-hybridized carbons (Fsp3) is 0.643. The van der Waals surface area contributed by atoms with E-state index in [-0.39, 0.29) is 0 Å². The maximum Gasteiger partial charge on any atom is 0.128 e. The highest BCUT2D eigenvalue weighted by Crippen LogP contribution is 2.30. The Kier molecular flexibility index (Phi) is 3.02. The first-order chi connectivity index (χ1) is 8.34. The predicted octanol–water partition coefficient (Wildman–Crippen LogP) is 2.45. The average Bonchev–Trinajstić information content (AvgIpc) is 3.00. The summed E-state index contributed by atoms with van der Waals surface area (Å²) in [5, 5.41) is 0. The van der Waals surface area contributed by atoms with E-state index in [0.29, 0.717) is 6.04 Å². The quantitative estimate of drug-likeness (QED) is 0.779. The van der Waals surface area contributed by atoms with E-state index in [4.69, 9.17) is 0 Å². The minimum absolute atomic E-state index is 0.593. The number of anilines is 1. The molecular weight excluding hydrogens is 210 g/mol. The van der Waals surface area contributed by atoms with Crippen molar-refractivity contribution in [2.24, 2.45) is 0 Å². The topological polar surface area (TPSA) is 19.4 Å². The van der Waals surface area contributed by atoms with Crippen LogP contribution in [0.1, 0.15) is 37.3 Å². The lowest BCUT2D eigenvalue weighted by Crippen LogP contribution is -2.20. The second-order valence-corrected chi connectivity index (χ2v) is 5.28.